The van der Waals surface area contributed by atoms with Gasteiger partial charge < -0.3 is 16.2 Å². The smallest absolute Gasteiger partial charge is 0.316 e. The van der Waals surface area contributed by atoms with Gasteiger partial charge in [-0.25, -0.2) is 9.78 Å². The molecule has 4 rings (SSSR count). The zero-order valence-electron chi connectivity index (χ0n) is 15.0. The Labute approximate surface area is 161 Å². The lowest BCUT2D eigenvalue weighted by Gasteiger charge is -2.25. The number of urea groups is 1. The molecule has 0 atom stereocenters. The van der Waals surface area contributed by atoms with Gasteiger partial charge in [0.05, 0.1) is 5.69 Å². The second-order valence-corrected chi connectivity index (χ2v) is 8.78. The van der Waals surface area contributed by atoms with Crippen LogP contribution in [0.5, 0.6) is 0 Å². The number of nitrogens with zero attached hydrogens (tertiary/aromatic N) is 1. The molecule has 0 bridgehead atoms. The lowest BCUT2D eigenvalue weighted by molar-refractivity contribution is 0.0741. The number of benzene rings is 1. The van der Waals surface area contributed by atoms with Gasteiger partial charge in [0.15, 0.2) is 4.34 Å². The molecule has 1 aromatic carbocycles. The maximum absolute atomic E-state index is 11.0. The summed E-state index contributed by atoms with van der Waals surface area (Å²) in [5.74, 6) is 0. The number of aromatic nitrogens is 1. The summed E-state index contributed by atoms with van der Waals surface area (Å²) in [7, 11) is 0. The van der Waals surface area contributed by atoms with Crippen LogP contribution in [0, 0.1) is 0 Å². The Morgan fingerprint density at radius 3 is 2.46 bits per heavy atom. The predicted octanol–water partition coefficient (Wildman–Crippen LogP) is 3.10. The van der Waals surface area contributed by atoms with Gasteiger partial charge in [-0.3, -0.25) is 5.14 Å². The molecule has 1 heterocycles. The van der Waals surface area contributed by atoms with Gasteiger partial charge in [-0.2, -0.15) is 0 Å². The van der Waals surface area contributed by atoms with E-state index in [1.165, 1.54) is 40.0 Å². The molecule has 8 heteroatoms. The van der Waals surface area contributed by atoms with E-state index in [1.54, 1.807) is 13.8 Å². The molecule has 0 spiro atoms. The van der Waals surface area contributed by atoms with Crippen LogP contribution in [0.15, 0.2) is 15.8 Å². The molecule has 0 saturated heterocycles. The van der Waals surface area contributed by atoms with E-state index in [1.807, 2.05) is 5.38 Å². The fourth-order valence-corrected chi connectivity index (χ4v) is 4.53. The number of aryl methyl sites for hydroxylation is 2. The molecule has 0 unspecified atom stereocenters. The fraction of sp³-hybridized carbons (Fsp3) is 0.444. The van der Waals surface area contributed by atoms with Crippen LogP contribution in [0.3, 0.4) is 0 Å². The molecule has 6 N–H and O–H groups in total. The number of aliphatic hydroxyl groups is 1. The number of hydrogen-bond donors (Lipinski definition) is 4. The maximum Gasteiger partial charge on any atom is 0.316 e. The quantitative estimate of drug-likeness (QED) is 0.599. The van der Waals surface area contributed by atoms with Crippen molar-refractivity contribution in [1.29, 1.82) is 0 Å². The summed E-state index contributed by atoms with van der Waals surface area (Å²) in [6.07, 6.45) is 5.66. The van der Waals surface area contributed by atoms with E-state index in [-0.39, 0.29) is 0 Å². The first-order valence-electron chi connectivity index (χ1n) is 8.57. The molecule has 2 aliphatic carbocycles. The molecule has 0 radical (unpaired) electrons. The van der Waals surface area contributed by atoms with Crippen molar-refractivity contribution in [2.45, 2.75) is 55.9 Å². The van der Waals surface area contributed by atoms with Crippen molar-refractivity contribution in [3.63, 3.8) is 0 Å². The Morgan fingerprint density at radius 2 is 1.96 bits per heavy atom. The molecular weight excluding hydrogens is 368 g/mol. The minimum absolute atomic E-state index is 0.440. The Hall–Kier alpha value is -1.61. The number of carbonyl (C=O) groups excluding carboxylic acids is 1. The molecular formula is C18H24N4O2S2. The summed E-state index contributed by atoms with van der Waals surface area (Å²) in [6, 6.07) is 1.87. The number of fused-ring (bicyclic) bond motifs is 2. The summed E-state index contributed by atoms with van der Waals surface area (Å²) < 4.78 is 0.780. The van der Waals surface area contributed by atoms with Crippen LogP contribution in [0.25, 0.3) is 0 Å². The monoisotopic (exact) mass is 392 g/mol. The van der Waals surface area contributed by atoms with Gasteiger partial charge in [-0.15, -0.1) is 11.3 Å². The van der Waals surface area contributed by atoms with E-state index >= 15 is 0 Å². The lowest BCUT2D eigenvalue weighted by atomic mass is 9.83. The van der Waals surface area contributed by atoms with Crippen molar-refractivity contribution >= 4 is 35.0 Å². The van der Waals surface area contributed by atoms with Crippen LogP contribution in [0.1, 0.15) is 48.2 Å². The third-order valence-corrected chi connectivity index (χ3v) is 6.21. The van der Waals surface area contributed by atoms with Gasteiger partial charge in [-0.05, 0) is 80.2 Å². The summed E-state index contributed by atoms with van der Waals surface area (Å²) >= 11 is 2.55. The molecule has 2 aliphatic rings. The highest BCUT2D eigenvalue weighted by Gasteiger charge is 2.26. The Bertz CT molecular complexity index is 827. The van der Waals surface area contributed by atoms with E-state index in [9.17, 15) is 9.90 Å². The molecule has 1 aromatic heterocycles. The predicted molar refractivity (Wildman–Crippen MR) is 106 cm³/mol. The van der Waals surface area contributed by atoms with Crippen molar-refractivity contribution < 1.29 is 9.90 Å². The SMILES string of the molecule is CC(C)(O)c1csc(SN)n1.NC(=O)Nc1c2c(cc3c1CC3)CCC2. The third kappa shape index (κ3) is 4.03. The number of primary amides is 1. The average Bonchev–Trinajstić information content (AvgIpc) is 3.18. The van der Waals surface area contributed by atoms with Crippen molar-refractivity contribution in [3.8, 4) is 0 Å². The summed E-state index contributed by atoms with van der Waals surface area (Å²) in [6.45, 7) is 3.40. The number of rotatable bonds is 3. The highest BCUT2D eigenvalue weighted by atomic mass is 32.2. The van der Waals surface area contributed by atoms with E-state index in [0.717, 1.165) is 47.7 Å². The minimum Gasteiger partial charge on any atom is -0.384 e. The van der Waals surface area contributed by atoms with Crippen LogP contribution >= 0.6 is 23.3 Å². The number of carbonyl (C=O) groups is 1. The van der Waals surface area contributed by atoms with E-state index in [4.69, 9.17) is 10.9 Å². The summed E-state index contributed by atoms with van der Waals surface area (Å²) in [4.78, 5) is 15.1. The van der Waals surface area contributed by atoms with Gasteiger partial charge in [0.2, 0.25) is 0 Å². The number of amides is 2. The zero-order valence-corrected chi connectivity index (χ0v) is 16.6. The first-order chi connectivity index (χ1) is 12.3. The lowest BCUT2D eigenvalue weighted by Crippen LogP contribution is -2.24. The van der Waals surface area contributed by atoms with Gasteiger partial charge in [0, 0.05) is 11.1 Å². The standard InChI is InChI=1S/C12H14N2O.C6H10N2OS2/c13-12(15)14-11-9-3-1-2-7(9)6-8-4-5-10(8)11;1-6(2,9)4-3-10-5(8-4)11-7/h6H,1-5H2,(H3,13,14,15);3,9H,7H2,1-2H3. The molecule has 0 saturated carbocycles. The molecule has 6 nitrogen and oxygen atoms in total. The normalized spacial score (nSPS) is 14.6. The van der Waals surface area contributed by atoms with E-state index < -0.39 is 11.6 Å². The molecule has 0 aliphatic heterocycles. The second-order valence-electron chi connectivity index (χ2n) is 7.05. The zero-order chi connectivity index (χ0) is 18.9. The van der Waals surface area contributed by atoms with Crippen LogP contribution in [-0.2, 0) is 31.3 Å². The van der Waals surface area contributed by atoms with E-state index in [2.05, 4.69) is 16.4 Å². The number of hydrogen-bond acceptors (Lipinski definition) is 6. The van der Waals surface area contributed by atoms with E-state index in [0.29, 0.717) is 5.69 Å². The second kappa shape index (κ2) is 7.56. The van der Waals surface area contributed by atoms with Crippen LogP contribution in [0.2, 0.25) is 0 Å². The Kier molecular flexibility index (Phi) is 5.57. The highest BCUT2D eigenvalue weighted by Crippen LogP contribution is 2.39. The third-order valence-electron chi connectivity index (χ3n) is 4.70. The van der Waals surface area contributed by atoms with Crippen molar-refractivity contribution in [3.05, 3.63) is 39.4 Å². The Morgan fingerprint density at radius 1 is 1.27 bits per heavy atom. The largest absolute Gasteiger partial charge is 0.384 e. The minimum atomic E-state index is -0.857. The molecule has 0 fully saturated rings. The van der Waals surface area contributed by atoms with Crippen molar-refractivity contribution in [2.24, 2.45) is 10.9 Å². The average molecular weight is 393 g/mol. The Balaban J connectivity index is 0.000000160. The van der Waals surface area contributed by atoms with Crippen LogP contribution in [0.4, 0.5) is 10.5 Å². The number of nitrogens with two attached hydrogens (primary N) is 2. The number of thiazole rings is 1. The van der Waals surface area contributed by atoms with Crippen LogP contribution in [-0.4, -0.2) is 16.1 Å². The van der Waals surface area contributed by atoms with Gasteiger partial charge in [0.1, 0.15) is 5.60 Å². The molecule has 26 heavy (non-hydrogen) atoms. The molecule has 140 valence electrons. The molecule has 2 aromatic rings. The number of nitrogens with one attached hydrogen (secondary N) is 1. The topological polar surface area (TPSA) is 114 Å². The first kappa shape index (κ1) is 19.2. The first-order valence-corrected chi connectivity index (χ1v) is 10.3. The number of anilines is 1. The summed E-state index contributed by atoms with van der Waals surface area (Å²) in [5, 5.41) is 19.4. The molecule has 2 amide bonds. The van der Waals surface area contributed by atoms with Crippen molar-refractivity contribution in [1.82, 2.24) is 4.98 Å². The van der Waals surface area contributed by atoms with Gasteiger partial charge >= 0.3 is 6.03 Å². The van der Waals surface area contributed by atoms with Gasteiger partial charge in [-0.1, -0.05) is 6.07 Å². The summed E-state index contributed by atoms with van der Waals surface area (Å²) in [5.41, 5.74) is 11.5. The fourth-order valence-electron chi connectivity index (χ4n) is 3.31. The highest BCUT2D eigenvalue weighted by molar-refractivity contribution is 7.98. The maximum atomic E-state index is 11.0. The van der Waals surface area contributed by atoms with Crippen LogP contribution < -0.4 is 16.2 Å². The van der Waals surface area contributed by atoms with Crippen molar-refractivity contribution in [2.75, 3.05) is 5.32 Å². The van der Waals surface area contributed by atoms with Gasteiger partial charge in [0.25, 0.3) is 0 Å².